The number of hydrogen-bond donors (Lipinski definition) is 6. The Hall–Kier alpha value is -1.81. The Morgan fingerprint density at radius 1 is 0.807 bits per heavy atom. The molecule has 1 aliphatic rings. The zero-order valence-electron chi connectivity index (χ0n) is 34.1. The number of carbonyl (C=O) groups is 3. The van der Waals surface area contributed by atoms with Crippen molar-refractivity contribution >= 4 is 33.4 Å². The van der Waals surface area contributed by atoms with Crippen molar-refractivity contribution in [1.29, 1.82) is 0 Å². The largest absolute Gasteiger partial charge is 0.472 e. The van der Waals surface area contributed by atoms with E-state index >= 15 is 0 Å². The molecule has 0 heterocycles. The number of Topliss-reactive ketones (excluding diaryl/α,β-unsaturated/α-hetero) is 1. The Labute approximate surface area is 338 Å². The van der Waals surface area contributed by atoms with Gasteiger partial charge in [0, 0.05) is 31.1 Å². The minimum atomic E-state index is -4.90. The van der Waals surface area contributed by atoms with Crippen LogP contribution in [0.1, 0.15) is 136 Å². The van der Waals surface area contributed by atoms with Crippen LogP contribution in [0.4, 0.5) is 0 Å². The van der Waals surface area contributed by atoms with Gasteiger partial charge in [-0.15, -0.1) is 0 Å². The maximum absolute atomic E-state index is 12.7. The molecule has 0 aromatic heterocycles. The van der Waals surface area contributed by atoms with Crippen molar-refractivity contribution in [2.24, 2.45) is 17.8 Å². The van der Waals surface area contributed by atoms with Crippen LogP contribution in [0.5, 0.6) is 0 Å². The van der Waals surface area contributed by atoms with E-state index in [0.29, 0.717) is 32.1 Å². The minimum absolute atomic E-state index is 0.0539. The van der Waals surface area contributed by atoms with Crippen molar-refractivity contribution in [3.8, 4) is 0 Å². The molecule has 0 radical (unpaired) electrons. The molecule has 57 heavy (non-hydrogen) atoms. The van der Waals surface area contributed by atoms with Gasteiger partial charge in [-0.1, -0.05) is 109 Å². The molecule has 8 atom stereocenters. The van der Waals surface area contributed by atoms with Gasteiger partial charge in [0.2, 0.25) is 0 Å². The summed E-state index contributed by atoms with van der Waals surface area (Å²) < 4.78 is 47.6. The number of unbranched alkanes of at least 4 members (excludes halogenated alkanes) is 8. The van der Waals surface area contributed by atoms with Crippen molar-refractivity contribution < 1.29 is 76.6 Å². The molecule has 2 unspecified atom stereocenters. The van der Waals surface area contributed by atoms with Crippen molar-refractivity contribution in [3.63, 3.8) is 0 Å². The molecule has 0 aromatic rings. The van der Waals surface area contributed by atoms with E-state index in [1.807, 2.05) is 12.2 Å². The van der Waals surface area contributed by atoms with Crippen LogP contribution in [0, 0.1) is 17.8 Å². The summed E-state index contributed by atoms with van der Waals surface area (Å²) in [6.45, 7) is 3.56. The average Bonchev–Trinajstić information content (AvgIpc) is 3.42. The lowest BCUT2D eigenvalue weighted by molar-refractivity contribution is -0.161. The van der Waals surface area contributed by atoms with E-state index in [1.165, 1.54) is 19.3 Å². The summed E-state index contributed by atoms with van der Waals surface area (Å²) in [6.07, 6.45) is 15.8. The summed E-state index contributed by atoms with van der Waals surface area (Å²) >= 11 is 0. The minimum Gasteiger partial charge on any atom is -0.462 e. The highest BCUT2D eigenvalue weighted by Gasteiger charge is 2.39. The van der Waals surface area contributed by atoms with Gasteiger partial charge in [0.15, 0.2) is 6.10 Å². The number of aliphatic hydroxyl groups is 3. The second kappa shape index (κ2) is 30.3. The maximum atomic E-state index is 12.7. The first-order chi connectivity index (χ1) is 27.0. The number of phosphoric acid groups is 2. The maximum Gasteiger partial charge on any atom is 0.472 e. The number of carbonyl (C=O) groups excluding carboxylic acids is 3. The Morgan fingerprint density at radius 2 is 1.44 bits per heavy atom. The zero-order valence-corrected chi connectivity index (χ0v) is 35.9. The number of allylic oxidation sites excluding steroid dienone is 3. The molecule has 0 aromatic carbocycles. The van der Waals surface area contributed by atoms with Crippen LogP contribution in [0.15, 0.2) is 24.3 Å². The van der Waals surface area contributed by atoms with Crippen molar-refractivity contribution in [1.82, 2.24) is 0 Å². The molecule has 332 valence electrons. The van der Waals surface area contributed by atoms with Crippen LogP contribution >= 0.6 is 15.6 Å². The molecular formula is C39H70O16P2. The summed E-state index contributed by atoms with van der Waals surface area (Å²) in [7, 11) is -9.77. The van der Waals surface area contributed by atoms with E-state index in [4.69, 9.17) is 23.8 Å². The third-order valence-corrected chi connectivity index (χ3v) is 11.2. The Morgan fingerprint density at radius 3 is 2.12 bits per heavy atom. The fourth-order valence-electron chi connectivity index (χ4n) is 6.13. The third-order valence-electron chi connectivity index (χ3n) is 9.75. The molecule has 0 amide bonds. The number of rotatable bonds is 34. The lowest BCUT2D eigenvalue weighted by Gasteiger charge is -2.20. The highest BCUT2D eigenvalue weighted by molar-refractivity contribution is 7.47. The first-order valence-corrected chi connectivity index (χ1v) is 23.6. The Balaban J connectivity index is 2.64. The molecule has 0 spiro atoms. The molecule has 1 saturated carbocycles. The molecule has 16 nitrogen and oxygen atoms in total. The zero-order chi connectivity index (χ0) is 42.7. The molecule has 1 rings (SSSR count). The smallest absolute Gasteiger partial charge is 0.462 e. The standard InChI is InChI=1S/C39H70O16P2/c1-4-6-13-19-31(40)23-24-35-34(36(42)25-37(35)43)20-15-11-12-17-22-39(45)55-33(29-54-57(49,50)53-27-32(41)26-52-56(46,47)48)28-51-38(44)21-16-10-8-7-9-14-18-30(3)5-2/h11,15,23-24,30-36,40-42H,4-10,12-14,16-22,25-29H2,1-3H3,(H,49,50)(H2,46,47,48)/b15-11-,24-23+/t30?,31-,32-,33+,34+,35+,36-/m0/s1. The van der Waals surface area contributed by atoms with Gasteiger partial charge in [0.25, 0.3) is 0 Å². The van der Waals surface area contributed by atoms with E-state index in [-0.39, 0.29) is 31.0 Å². The van der Waals surface area contributed by atoms with E-state index < -0.39 is 84.3 Å². The highest BCUT2D eigenvalue weighted by atomic mass is 31.2. The number of ether oxygens (including phenoxy) is 2. The van der Waals surface area contributed by atoms with Gasteiger partial charge in [-0.25, -0.2) is 9.13 Å². The van der Waals surface area contributed by atoms with Gasteiger partial charge in [-0.05, 0) is 38.0 Å². The fraction of sp³-hybridized carbons (Fsp3) is 0.821. The fourth-order valence-corrected chi connectivity index (χ4v) is 7.28. The predicted octanol–water partition coefficient (Wildman–Crippen LogP) is 6.39. The molecule has 0 aliphatic heterocycles. The number of esters is 2. The summed E-state index contributed by atoms with van der Waals surface area (Å²) in [6, 6.07) is 0. The van der Waals surface area contributed by atoms with Crippen LogP contribution in [0.25, 0.3) is 0 Å². The van der Waals surface area contributed by atoms with Crippen LogP contribution in [0.3, 0.4) is 0 Å². The first kappa shape index (κ1) is 53.2. The molecule has 1 fully saturated rings. The van der Waals surface area contributed by atoms with Crippen LogP contribution in [-0.4, -0.2) is 98.6 Å². The van der Waals surface area contributed by atoms with E-state index in [2.05, 4.69) is 29.8 Å². The summed E-state index contributed by atoms with van der Waals surface area (Å²) in [5, 5.41) is 30.4. The number of hydrogen-bond acceptors (Lipinski definition) is 13. The predicted molar refractivity (Wildman–Crippen MR) is 212 cm³/mol. The molecule has 6 N–H and O–H groups in total. The SMILES string of the molecule is CCCCC[C@H](O)/C=C/[C@H]1C(=O)C[C@H](O)[C@@H]1C/C=C\CCCC(=O)O[C@H](COC(=O)CCCCCCCCC(C)CC)COP(=O)(O)OC[C@@H](O)COP(=O)(O)O. The molecular weight excluding hydrogens is 786 g/mol. The van der Waals surface area contributed by atoms with Crippen LogP contribution < -0.4 is 0 Å². The van der Waals surface area contributed by atoms with E-state index in [1.54, 1.807) is 12.2 Å². The summed E-state index contributed by atoms with van der Waals surface area (Å²) in [4.78, 5) is 65.2. The lowest BCUT2D eigenvalue weighted by atomic mass is 9.90. The first-order valence-electron chi connectivity index (χ1n) is 20.5. The summed E-state index contributed by atoms with van der Waals surface area (Å²) in [5.74, 6) is -1.39. The van der Waals surface area contributed by atoms with Gasteiger partial charge in [-0.2, -0.15) is 0 Å². The second-order valence-electron chi connectivity index (χ2n) is 14.9. The van der Waals surface area contributed by atoms with Crippen molar-refractivity contribution in [3.05, 3.63) is 24.3 Å². The normalized spacial score (nSPS) is 20.8. The van der Waals surface area contributed by atoms with Gasteiger partial charge in [0.05, 0.1) is 32.0 Å². The van der Waals surface area contributed by atoms with Gasteiger partial charge in [-0.3, -0.25) is 28.0 Å². The monoisotopic (exact) mass is 856 g/mol. The number of phosphoric ester groups is 2. The Kier molecular flexibility index (Phi) is 28.2. The molecule has 0 saturated heterocycles. The van der Waals surface area contributed by atoms with Crippen molar-refractivity contribution in [2.45, 2.75) is 161 Å². The molecule has 18 heteroatoms. The Bertz CT molecular complexity index is 1290. The molecule has 1 aliphatic carbocycles. The molecule has 0 bridgehead atoms. The highest BCUT2D eigenvalue weighted by Crippen LogP contribution is 2.44. The van der Waals surface area contributed by atoms with Crippen LogP contribution in [-0.2, 0) is 46.6 Å². The van der Waals surface area contributed by atoms with Gasteiger partial charge >= 0.3 is 27.6 Å². The number of aliphatic hydroxyl groups excluding tert-OH is 3. The van der Waals surface area contributed by atoms with Gasteiger partial charge < -0.3 is 39.5 Å². The quantitative estimate of drug-likeness (QED) is 0.0177. The van der Waals surface area contributed by atoms with Crippen molar-refractivity contribution in [2.75, 3.05) is 26.4 Å². The summed E-state index contributed by atoms with van der Waals surface area (Å²) in [5.41, 5.74) is 0. The third kappa shape index (κ3) is 27.6. The number of ketones is 1. The lowest BCUT2D eigenvalue weighted by Crippen LogP contribution is -2.29. The second-order valence-corrected chi connectivity index (χ2v) is 17.6. The average molecular weight is 857 g/mol. The van der Waals surface area contributed by atoms with E-state index in [9.17, 15) is 43.7 Å². The van der Waals surface area contributed by atoms with Crippen LogP contribution in [0.2, 0.25) is 0 Å². The topological polar surface area (TPSA) is 253 Å². The van der Waals surface area contributed by atoms with Gasteiger partial charge in [0.1, 0.15) is 18.5 Å². The van der Waals surface area contributed by atoms with E-state index in [0.717, 1.165) is 50.9 Å².